The predicted octanol–water partition coefficient (Wildman–Crippen LogP) is 4.73. The van der Waals surface area contributed by atoms with E-state index in [1.54, 1.807) is 55.5 Å². The van der Waals surface area contributed by atoms with Crippen molar-refractivity contribution in [2.45, 2.75) is 37.8 Å². The fourth-order valence-electron chi connectivity index (χ4n) is 3.67. The Hall–Kier alpha value is -3.24. The van der Waals surface area contributed by atoms with Crippen molar-refractivity contribution >= 4 is 43.5 Å². The smallest absolute Gasteiger partial charge is 0.264 e. The number of hydrogen-bond donors (Lipinski definition) is 1. The van der Waals surface area contributed by atoms with Gasteiger partial charge in [0.05, 0.1) is 10.6 Å². The highest BCUT2D eigenvalue weighted by molar-refractivity contribution is 9.10. The molecule has 3 rings (SSSR count). The molecule has 196 valence electrons. The third kappa shape index (κ3) is 7.17. The molecular weight excluding hydrogens is 561 g/mol. The van der Waals surface area contributed by atoms with Gasteiger partial charge >= 0.3 is 0 Å². The van der Waals surface area contributed by atoms with Crippen molar-refractivity contribution in [3.8, 4) is 0 Å². The molecular formula is C27H29BrFN3O4S. The first-order chi connectivity index (χ1) is 17.6. The average molecular weight is 591 g/mol. The molecule has 0 aliphatic rings. The molecule has 0 bridgehead atoms. The molecule has 10 heteroatoms. The van der Waals surface area contributed by atoms with Gasteiger partial charge in [-0.15, -0.1) is 0 Å². The van der Waals surface area contributed by atoms with Gasteiger partial charge in [-0.1, -0.05) is 65.3 Å². The third-order valence-corrected chi connectivity index (χ3v) is 8.00. The molecule has 0 saturated carbocycles. The molecule has 3 aromatic rings. The highest BCUT2D eigenvalue weighted by Crippen LogP contribution is 2.27. The summed E-state index contributed by atoms with van der Waals surface area (Å²) in [6.07, 6.45) is 0.700. The van der Waals surface area contributed by atoms with Gasteiger partial charge in [-0.3, -0.25) is 13.9 Å². The number of rotatable bonds is 11. The molecule has 0 heterocycles. The van der Waals surface area contributed by atoms with Crippen molar-refractivity contribution in [2.24, 2.45) is 0 Å². The lowest BCUT2D eigenvalue weighted by Gasteiger charge is -2.32. The lowest BCUT2D eigenvalue weighted by atomic mass is 10.1. The molecule has 0 aromatic heterocycles. The Morgan fingerprint density at radius 3 is 2.32 bits per heavy atom. The Bertz CT molecular complexity index is 1340. The zero-order chi connectivity index (χ0) is 27.0. The Morgan fingerprint density at radius 1 is 1.00 bits per heavy atom. The summed E-state index contributed by atoms with van der Waals surface area (Å²) in [5, 5.41) is 2.75. The Kier molecular flexibility index (Phi) is 9.82. The monoisotopic (exact) mass is 589 g/mol. The van der Waals surface area contributed by atoms with Crippen molar-refractivity contribution in [1.82, 2.24) is 10.2 Å². The summed E-state index contributed by atoms with van der Waals surface area (Å²) in [5.74, 6) is -1.59. The van der Waals surface area contributed by atoms with E-state index in [1.165, 1.54) is 35.2 Å². The van der Waals surface area contributed by atoms with E-state index in [0.717, 1.165) is 4.31 Å². The van der Waals surface area contributed by atoms with Gasteiger partial charge in [0.25, 0.3) is 10.0 Å². The number of amides is 2. The number of nitrogens with zero attached hydrogens (tertiary/aromatic N) is 2. The molecule has 0 spiro atoms. The van der Waals surface area contributed by atoms with Crippen molar-refractivity contribution in [3.63, 3.8) is 0 Å². The molecule has 0 aliphatic heterocycles. The fourth-order valence-corrected chi connectivity index (χ4v) is 5.48. The Labute approximate surface area is 225 Å². The second-order valence-corrected chi connectivity index (χ2v) is 11.2. The second-order valence-electron chi connectivity index (χ2n) is 8.38. The highest BCUT2D eigenvalue weighted by Gasteiger charge is 2.32. The number of halogens is 2. The number of hydrogen-bond acceptors (Lipinski definition) is 4. The molecule has 2 amide bonds. The first-order valence-electron chi connectivity index (χ1n) is 11.8. The van der Waals surface area contributed by atoms with Crippen LogP contribution in [-0.4, -0.2) is 44.3 Å². The lowest BCUT2D eigenvalue weighted by Crippen LogP contribution is -2.51. The average Bonchev–Trinajstić information content (AvgIpc) is 2.89. The first kappa shape index (κ1) is 28.3. The van der Waals surface area contributed by atoms with Crippen LogP contribution >= 0.6 is 15.9 Å². The van der Waals surface area contributed by atoms with E-state index >= 15 is 0 Å². The number of nitrogens with one attached hydrogen (secondary N) is 1. The van der Waals surface area contributed by atoms with Gasteiger partial charge in [0.1, 0.15) is 18.4 Å². The maximum absolute atomic E-state index is 14.5. The largest absolute Gasteiger partial charge is 0.354 e. The molecule has 1 atom stereocenters. The van der Waals surface area contributed by atoms with Gasteiger partial charge in [0.2, 0.25) is 11.8 Å². The fraction of sp³-hybridized carbons (Fsp3) is 0.259. The van der Waals surface area contributed by atoms with Crippen molar-refractivity contribution in [2.75, 3.05) is 17.4 Å². The Morgan fingerprint density at radius 2 is 1.68 bits per heavy atom. The summed E-state index contributed by atoms with van der Waals surface area (Å²) < 4.78 is 43.5. The number of anilines is 1. The zero-order valence-electron chi connectivity index (χ0n) is 20.6. The lowest BCUT2D eigenvalue weighted by molar-refractivity contribution is -0.139. The quantitative estimate of drug-likeness (QED) is 0.350. The molecule has 37 heavy (non-hydrogen) atoms. The van der Waals surface area contributed by atoms with Crippen molar-refractivity contribution in [3.05, 3.63) is 94.7 Å². The van der Waals surface area contributed by atoms with Crippen LogP contribution in [0.2, 0.25) is 0 Å². The summed E-state index contributed by atoms with van der Waals surface area (Å²) in [6.45, 7) is 3.06. The van der Waals surface area contributed by atoms with E-state index < -0.39 is 40.2 Å². The van der Waals surface area contributed by atoms with Gasteiger partial charge in [-0.05, 0) is 49.7 Å². The summed E-state index contributed by atoms with van der Waals surface area (Å²) in [7, 11) is -4.15. The summed E-state index contributed by atoms with van der Waals surface area (Å²) in [5.41, 5.74) is 0.478. The van der Waals surface area contributed by atoms with E-state index in [-0.39, 0.29) is 22.7 Å². The van der Waals surface area contributed by atoms with Crippen LogP contribution in [0, 0.1) is 5.82 Å². The first-order valence-corrected chi connectivity index (χ1v) is 14.0. The van der Waals surface area contributed by atoms with Crippen LogP contribution in [0.5, 0.6) is 0 Å². The van der Waals surface area contributed by atoms with Crippen LogP contribution in [-0.2, 0) is 26.2 Å². The summed E-state index contributed by atoms with van der Waals surface area (Å²) in [4.78, 5) is 27.8. The van der Waals surface area contributed by atoms with Gasteiger partial charge in [0, 0.05) is 23.1 Å². The van der Waals surface area contributed by atoms with Gasteiger partial charge in [0.15, 0.2) is 0 Å². The Balaban J connectivity index is 2.02. The zero-order valence-corrected chi connectivity index (χ0v) is 23.0. The van der Waals surface area contributed by atoms with E-state index in [0.29, 0.717) is 17.4 Å². The standard InChI is InChI=1S/C27H29BrFN3O4S/c1-3-16-30-27(34)20(2)31(18-21-10-7-8-15-25(21)29)26(33)19-32(23-12-9-11-22(28)17-23)37(35,36)24-13-5-4-6-14-24/h4-15,17,20H,3,16,18-19H2,1-2H3,(H,30,34). The number of carbonyl (C=O) groups excluding carboxylic acids is 2. The molecule has 0 aliphatic carbocycles. The second kappa shape index (κ2) is 12.8. The van der Waals surface area contributed by atoms with Gasteiger partial charge < -0.3 is 10.2 Å². The minimum Gasteiger partial charge on any atom is -0.354 e. The molecule has 1 N–H and O–H groups in total. The van der Waals surface area contributed by atoms with Crippen LogP contribution in [0.4, 0.5) is 10.1 Å². The molecule has 7 nitrogen and oxygen atoms in total. The maximum atomic E-state index is 14.5. The summed E-state index contributed by atoms with van der Waals surface area (Å²) in [6, 6.07) is 19.3. The van der Waals surface area contributed by atoms with E-state index in [9.17, 15) is 22.4 Å². The SMILES string of the molecule is CCCNC(=O)C(C)N(Cc1ccccc1F)C(=O)CN(c1cccc(Br)c1)S(=O)(=O)c1ccccc1. The predicted molar refractivity (Wildman–Crippen MR) is 145 cm³/mol. The van der Waals surface area contributed by atoms with Crippen molar-refractivity contribution in [1.29, 1.82) is 0 Å². The topological polar surface area (TPSA) is 86.8 Å². The third-order valence-electron chi connectivity index (χ3n) is 5.72. The van der Waals surface area contributed by atoms with Gasteiger partial charge in [-0.2, -0.15) is 0 Å². The van der Waals surface area contributed by atoms with Gasteiger partial charge in [-0.25, -0.2) is 12.8 Å². The van der Waals surface area contributed by atoms with Crippen LogP contribution in [0.25, 0.3) is 0 Å². The molecule has 0 saturated heterocycles. The summed E-state index contributed by atoms with van der Waals surface area (Å²) >= 11 is 3.36. The molecule has 1 unspecified atom stereocenters. The van der Waals surface area contributed by atoms with Crippen LogP contribution in [0.1, 0.15) is 25.8 Å². The van der Waals surface area contributed by atoms with Crippen LogP contribution in [0.15, 0.2) is 88.2 Å². The van der Waals surface area contributed by atoms with E-state index in [2.05, 4.69) is 21.2 Å². The normalized spacial score (nSPS) is 12.0. The highest BCUT2D eigenvalue weighted by atomic mass is 79.9. The maximum Gasteiger partial charge on any atom is 0.264 e. The van der Waals surface area contributed by atoms with E-state index in [1.807, 2.05) is 6.92 Å². The molecule has 0 fully saturated rings. The molecule has 3 aromatic carbocycles. The number of benzene rings is 3. The minimum absolute atomic E-state index is 0.0113. The van der Waals surface area contributed by atoms with Crippen LogP contribution in [0.3, 0.4) is 0 Å². The minimum atomic E-state index is -4.15. The van der Waals surface area contributed by atoms with Crippen molar-refractivity contribution < 1.29 is 22.4 Å². The molecule has 0 radical (unpaired) electrons. The van der Waals surface area contributed by atoms with E-state index in [4.69, 9.17) is 0 Å². The van der Waals surface area contributed by atoms with Crippen LogP contribution < -0.4 is 9.62 Å². The number of sulfonamides is 1. The number of carbonyl (C=O) groups is 2.